The van der Waals surface area contributed by atoms with Gasteiger partial charge in [0, 0.05) is 12.6 Å². The fraction of sp³-hybridized carbons (Fsp3) is 0.625. The Kier molecular flexibility index (Phi) is 5.65. The predicted molar refractivity (Wildman–Crippen MR) is 87.0 cm³/mol. The van der Waals surface area contributed by atoms with Crippen LogP contribution >= 0.6 is 0 Å². The van der Waals surface area contributed by atoms with E-state index in [9.17, 15) is 8.42 Å². The van der Waals surface area contributed by atoms with Gasteiger partial charge in [-0.3, -0.25) is 0 Å². The average molecular weight is 310 g/mol. The first-order valence-electron chi connectivity index (χ1n) is 7.92. The van der Waals surface area contributed by atoms with Gasteiger partial charge < -0.3 is 5.32 Å². The Balaban J connectivity index is 2.09. The summed E-state index contributed by atoms with van der Waals surface area (Å²) in [4.78, 5) is 0.351. The van der Waals surface area contributed by atoms with Crippen LogP contribution in [-0.2, 0) is 10.0 Å². The van der Waals surface area contributed by atoms with Gasteiger partial charge in [0.1, 0.15) is 4.90 Å². The van der Waals surface area contributed by atoms with E-state index in [2.05, 4.69) is 17.0 Å². The quantitative estimate of drug-likeness (QED) is 0.847. The first-order valence-corrected chi connectivity index (χ1v) is 9.40. The number of nitrogens with one attached hydrogen (secondary N) is 2. The molecule has 0 atom stereocenters. The second-order valence-electron chi connectivity index (χ2n) is 5.77. The minimum Gasteiger partial charge on any atom is -0.384 e. The van der Waals surface area contributed by atoms with Crippen LogP contribution in [0.4, 0.5) is 5.69 Å². The van der Waals surface area contributed by atoms with E-state index in [0.717, 1.165) is 31.6 Å². The minimum atomic E-state index is -3.45. The van der Waals surface area contributed by atoms with Crippen molar-refractivity contribution >= 4 is 15.7 Å². The highest BCUT2D eigenvalue weighted by atomic mass is 32.2. The molecule has 0 unspecified atom stereocenters. The number of hydrogen-bond donors (Lipinski definition) is 2. The van der Waals surface area contributed by atoms with Gasteiger partial charge in [0.05, 0.1) is 5.69 Å². The molecular weight excluding hydrogens is 284 g/mol. The lowest BCUT2D eigenvalue weighted by Gasteiger charge is -2.28. The third-order valence-corrected chi connectivity index (χ3v) is 5.87. The van der Waals surface area contributed by atoms with Crippen LogP contribution in [-0.4, -0.2) is 21.0 Å². The van der Waals surface area contributed by atoms with Crippen LogP contribution in [0, 0.1) is 5.92 Å². The molecule has 0 heterocycles. The van der Waals surface area contributed by atoms with Gasteiger partial charge in [-0.05, 0) is 50.7 Å². The Labute approximate surface area is 128 Å². The predicted octanol–water partition coefficient (Wildman–Crippen LogP) is 3.37. The zero-order valence-corrected chi connectivity index (χ0v) is 13.7. The highest BCUT2D eigenvalue weighted by molar-refractivity contribution is 7.89. The molecule has 0 aliphatic heterocycles. The van der Waals surface area contributed by atoms with Crippen LogP contribution in [0.2, 0.25) is 0 Å². The number of sulfonamides is 1. The largest absolute Gasteiger partial charge is 0.384 e. The molecule has 118 valence electrons. The fourth-order valence-electron chi connectivity index (χ4n) is 3.01. The summed E-state index contributed by atoms with van der Waals surface area (Å²) in [5.74, 6) is 0.764. The standard InChI is InChI=1S/C16H26N2O2S/c1-3-13-9-11-14(12-10-13)18-21(19,20)16-8-6-5-7-15(16)17-4-2/h5-8,13-14,17-18H,3-4,9-12H2,1-2H3. The molecule has 2 rings (SSSR count). The molecule has 5 heteroatoms. The maximum Gasteiger partial charge on any atom is 0.242 e. The van der Waals surface area contributed by atoms with Crippen molar-refractivity contribution in [2.75, 3.05) is 11.9 Å². The van der Waals surface area contributed by atoms with E-state index in [1.807, 2.05) is 19.1 Å². The minimum absolute atomic E-state index is 0.0764. The SMILES string of the molecule is CCNc1ccccc1S(=O)(=O)NC1CCC(CC)CC1. The summed E-state index contributed by atoms with van der Waals surface area (Å²) in [6.07, 6.45) is 5.34. The molecule has 1 saturated carbocycles. The molecule has 0 bridgehead atoms. The van der Waals surface area contributed by atoms with Crippen molar-refractivity contribution in [3.63, 3.8) is 0 Å². The first kappa shape index (κ1) is 16.3. The topological polar surface area (TPSA) is 58.2 Å². The molecule has 1 fully saturated rings. The molecule has 1 aromatic rings. The van der Waals surface area contributed by atoms with E-state index >= 15 is 0 Å². The molecule has 1 aromatic carbocycles. The van der Waals surface area contributed by atoms with Crippen molar-refractivity contribution in [1.29, 1.82) is 0 Å². The molecule has 0 radical (unpaired) electrons. The van der Waals surface area contributed by atoms with Crippen molar-refractivity contribution in [1.82, 2.24) is 4.72 Å². The van der Waals surface area contributed by atoms with Gasteiger partial charge in [-0.2, -0.15) is 0 Å². The average Bonchev–Trinajstić information content (AvgIpc) is 2.48. The van der Waals surface area contributed by atoms with Gasteiger partial charge in [0.2, 0.25) is 10.0 Å². The Morgan fingerprint density at radius 3 is 2.38 bits per heavy atom. The Bertz CT molecular complexity index is 549. The highest BCUT2D eigenvalue weighted by Crippen LogP contribution is 2.28. The smallest absolute Gasteiger partial charge is 0.242 e. The Hall–Kier alpha value is -1.07. The van der Waals surface area contributed by atoms with Crippen LogP contribution in [0.3, 0.4) is 0 Å². The van der Waals surface area contributed by atoms with Crippen molar-refractivity contribution < 1.29 is 8.42 Å². The number of rotatable bonds is 6. The van der Waals surface area contributed by atoms with E-state index < -0.39 is 10.0 Å². The van der Waals surface area contributed by atoms with E-state index in [-0.39, 0.29) is 6.04 Å². The molecule has 1 aliphatic rings. The Morgan fingerprint density at radius 1 is 1.10 bits per heavy atom. The van der Waals surface area contributed by atoms with E-state index in [4.69, 9.17) is 0 Å². The van der Waals surface area contributed by atoms with Crippen molar-refractivity contribution in [3.8, 4) is 0 Å². The van der Waals surface area contributed by atoms with Crippen molar-refractivity contribution in [3.05, 3.63) is 24.3 Å². The molecule has 0 spiro atoms. The number of benzene rings is 1. The third kappa shape index (κ3) is 4.20. The number of para-hydroxylation sites is 1. The monoisotopic (exact) mass is 310 g/mol. The van der Waals surface area contributed by atoms with Crippen LogP contribution in [0.25, 0.3) is 0 Å². The molecule has 0 aromatic heterocycles. The zero-order chi connectivity index (χ0) is 15.3. The van der Waals surface area contributed by atoms with Gasteiger partial charge >= 0.3 is 0 Å². The van der Waals surface area contributed by atoms with Crippen molar-refractivity contribution in [2.45, 2.75) is 56.9 Å². The van der Waals surface area contributed by atoms with Crippen LogP contribution in [0.15, 0.2) is 29.2 Å². The summed E-state index contributed by atoms with van der Waals surface area (Å²) in [5, 5.41) is 3.12. The summed E-state index contributed by atoms with van der Waals surface area (Å²) in [6.45, 7) is 4.87. The molecule has 2 N–H and O–H groups in total. The molecule has 0 saturated heterocycles. The summed E-state index contributed by atoms with van der Waals surface area (Å²) >= 11 is 0. The Morgan fingerprint density at radius 2 is 1.76 bits per heavy atom. The number of hydrogen-bond acceptors (Lipinski definition) is 3. The first-order chi connectivity index (χ1) is 10.1. The van der Waals surface area contributed by atoms with Crippen LogP contribution in [0.5, 0.6) is 0 Å². The van der Waals surface area contributed by atoms with Gasteiger partial charge in [0.15, 0.2) is 0 Å². The molecule has 1 aliphatic carbocycles. The van der Waals surface area contributed by atoms with E-state index in [1.165, 1.54) is 6.42 Å². The van der Waals surface area contributed by atoms with Crippen molar-refractivity contribution in [2.24, 2.45) is 5.92 Å². The van der Waals surface area contributed by atoms with Crippen LogP contribution < -0.4 is 10.0 Å². The lowest BCUT2D eigenvalue weighted by Crippen LogP contribution is -2.37. The van der Waals surface area contributed by atoms with Gasteiger partial charge in [-0.25, -0.2) is 13.1 Å². The fourth-order valence-corrected chi connectivity index (χ4v) is 4.50. The molecular formula is C16H26N2O2S. The third-order valence-electron chi connectivity index (χ3n) is 4.29. The number of anilines is 1. The maximum atomic E-state index is 12.6. The molecule has 0 amide bonds. The summed E-state index contributed by atoms with van der Waals surface area (Å²) in [5.41, 5.74) is 0.676. The van der Waals surface area contributed by atoms with Gasteiger partial charge in [-0.1, -0.05) is 25.5 Å². The summed E-state index contributed by atoms with van der Waals surface area (Å²) in [6, 6.07) is 7.17. The summed E-state index contributed by atoms with van der Waals surface area (Å²) < 4.78 is 28.1. The molecule has 21 heavy (non-hydrogen) atoms. The maximum absolute atomic E-state index is 12.6. The lowest BCUT2D eigenvalue weighted by molar-refractivity contribution is 0.306. The van der Waals surface area contributed by atoms with E-state index in [1.54, 1.807) is 12.1 Å². The summed E-state index contributed by atoms with van der Waals surface area (Å²) in [7, 11) is -3.45. The van der Waals surface area contributed by atoms with Gasteiger partial charge in [0.25, 0.3) is 0 Å². The van der Waals surface area contributed by atoms with Gasteiger partial charge in [-0.15, -0.1) is 0 Å². The van der Waals surface area contributed by atoms with Crippen LogP contribution in [0.1, 0.15) is 46.0 Å². The second-order valence-corrected chi connectivity index (χ2v) is 7.46. The highest BCUT2D eigenvalue weighted by Gasteiger charge is 2.26. The zero-order valence-electron chi connectivity index (χ0n) is 12.9. The molecule has 4 nitrogen and oxygen atoms in total. The van der Waals surface area contributed by atoms with E-state index in [0.29, 0.717) is 17.1 Å². The normalized spacial score (nSPS) is 23.0. The lowest BCUT2D eigenvalue weighted by atomic mass is 9.85. The second kappa shape index (κ2) is 7.27.